The molecular formula is C44H46ClN9O5. The fourth-order valence-corrected chi connectivity index (χ4v) is 9.09. The fourth-order valence-electron chi connectivity index (χ4n) is 8.89. The van der Waals surface area contributed by atoms with Crippen LogP contribution in [0, 0.1) is 5.92 Å². The van der Waals surface area contributed by atoms with Crippen LogP contribution in [0.5, 0.6) is 0 Å². The van der Waals surface area contributed by atoms with Crippen molar-refractivity contribution in [2.45, 2.75) is 75.8 Å². The topological polar surface area (TPSA) is 170 Å². The second-order valence-corrected chi connectivity index (χ2v) is 16.8. The molecule has 0 bridgehead atoms. The van der Waals surface area contributed by atoms with Gasteiger partial charge in [-0.3, -0.25) is 39.2 Å². The van der Waals surface area contributed by atoms with Crippen molar-refractivity contribution >= 4 is 58.5 Å². The summed E-state index contributed by atoms with van der Waals surface area (Å²) < 4.78 is 0. The zero-order valence-corrected chi connectivity index (χ0v) is 33.4. The van der Waals surface area contributed by atoms with E-state index in [9.17, 15) is 24.0 Å². The molecule has 3 N–H and O–H groups in total. The van der Waals surface area contributed by atoms with Gasteiger partial charge in [0.05, 0.1) is 47.2 Å². The Hall–Kier alpha value is -5.73. The van der Waals surface area contributed by atoms with Gasteiger partial charge in [-0.25, -0.2) is 9.97 Å². The number of imide groups is 1. The summed E-state index contributed by atoms with van der Waals surface area (Å²) in [6.07, 6.45) is 10.8. The third kappa shape index (κ3) is 8.55. The van der Waals surface area contributed by atoms with Crippen molar-refractivity contribution in [3.05, 3.63) is 94.4 Å². The van der Waals surface area contributed by atoms with Crippen LogP contribution in [0.25, 0.3) is 11.3 Å². The SMILES string of the molecule is O=C1CCC(N2Cc3cc(C4CCN(C(=O)CN5CCC(C(=O)Nc6cncc(Nc7ncc(Cl)c(-c8cccc(C9CC9)c8)n7)c6)CC5)CC4)ccc3C2=O)C(=O)N1. The number of hydrogen-bond acceptors (Lipinski definition) is 10. The highest BCUT2D eigenvalue weighted by molar-refractivity contribution is 6.32. The Morgan fingerprint density at radius 2 is 1.59 bits per heavy atom. The van der Waals surface area contributed by atoms with Gasteiger partial charge in [-0.2, -0.15) is 0 Å². The molecular weight excluding hydrogens is 770 g/mol. The lowest BCUT2D eigenvalue weighted by molar-refractivity contribution is -0.137. The first-order valence-corrected chi connectivity index (χ1v) is 21.0. The lowest BCUT2D eigenvalue weighted by Crippen LogP contribution is -2.52. The Morgan fingerprint density at radius 3 is 2.37 bits per heavy atom. The fraction of sp³-hybridized carbons (Fsp3) is 0.409. The van der Waals surface area contributed by atoms with E-state index in [2.05, 4.69) is 49.0 Å². The minimum absolute atomic E-state index is 0.0721. The van der Waals surface area contributed by atoms with E-state index in [1.165, 1.54) is 18.4 Å². The average molecular weight is 816 g/mol. The molecule has 304 valence electrons. The van der Waals surface area contributed by atoms with Crippen LogP contribution < -0.4 is 16.0 Å². The molecule has 1 aliphatic carbocycles. The Balaban J connectivity index is 0.726. The number of anilines is 3. The molecule has 5 aliphatic rings. The molecule has 4 aliphatic heterocycles. The van der Waals surface area contributed by atoms with Crippen LogP contribution in [0.3, 0.4) is 0 Å². The molecule has 2 aromatic heterocycles. The number of fused-ring (bicyclic) bond motifs is 1. The molecule has 4 fully saturated rings. The van der Waals surface area contributed by atoms with Gasteiger partial charge in [0.15, 0.2) is 0 Å². The molecule has 14 nitrogen and oxygen atoms in total. The van der Waals surface area contributed by atoms with Gasteiger partial charge >= 0.3 is 0 Å². The standard InChI is InChI=1S/C44H46ClN9O5/c45-36-23-47-44(51-40(36)31-3-1-2-29(18-31)26-4-5-26)49-34-20-33(21-46-22-34)48-41(57)28-10-14-52(15-11-28)25-39(56)53-16-12-27(13-17-53)30-6-7-35-32(19-30)24-54(43(35)59)37-8-9-38(55)50-42(37)58/h1-3,6-7,18-23,26-28,37H,4-5,8-17,24-25H2,(H,48,57)(H,47,49,51)(H,50,55,58). The summed E-state index contributed by atoms with van der Waals surface area (Å²) in [5, 5.41) is 9.05. The normalized spacial score (nSPS) is 20.4. The van der Waals surface area contributed by atoms with Crippen molar-refractivity contribution in [1.82, 2.24) is 35.0 Å². The Bertz CT molecular complexity index is 2320. The number of benzene rings is 2. The van der Waals surface area contributed by atoms with Crippen molar-refractivity contribution in [1.29, 1.82) is 0 Å². The third-order valence-corrected chi connectivity index (χ3v) is 12.7. The maximum atomic E-state index is 13.4. The van der Waals surface area contributed by atoms with E-state index in [1.807, 2.05) is 29.2 Å². The van der Waals surface area contributed by atoms with Gasteiger partial charge in [0, 0.05) is 43.1 Å². The molecule has 6 heterocycles. The van der Waals surface area contributed by atoms with Crippen LogP contribution in [-0.4, -0.2) is 98.0 Å². The van der Waals surface area contributed by atoms with Crippen molar-refractivity contribution in [2.24, 2.45) is 5.92 Å². The molecule has 3 saturated heterocycles. The summed E-state index contributed by atoms with van der Waals surface area (Å²) in [7, 11) is 0. The smallest absolute Gasteiger partial charge is 0.255 e. The third-order valence-electron chi connectivity index (χ3n) is 12.4. The van der Waals surface area contributed by atoms with Gasteiger partial charge in [-0.05, 0) is 105 Å². The second-order valence-electron chi connectivity index (χ2n) is 16.4. The van der Waals surface area contributed by atoms with Crippen LogP contribution in [-0.2, 0) is 25.7 Å². The largest absolute Gasteiger partial charge is 0.342 e. The Labute approximate surface area is 347 Å². The van der Waals surface area contributed by atoms with Crippen LogP contribution in [0.1, 0.15) is 90.3 Å². The van der Waals surface area contributed by atoms with E-state index >= 15 is 0 Å². The highest BCUT2D eigenvalue weighted by atomic mass is 35.5. The maximum absolute atomic E-state index is 13.4. The number of likely N-dealkylation sites (tertiary alicyclic amines) is 2. The summed E-state index contributed by atoms with van der Waals surface area (Å²) in [4.78, 5) is 82.9. The zero-order valence-electron chi connectivity index (χ0n) is 32.7. The van der Waals surface area contributed by atoms with Crippen LogP contribution in [0.2, 0.25) is 5.02 Å². The van der Waals surface area contributed by atoms with Gasteiger partial charge in [0.25, 0.3) is 5.91 Å². The first-order valence-electron chi connectivity index (χ1n) is 20.6. The summed E-state index contributed by atoms with van der Waals surface area (Å²) in [5.74, 6) is 0.214. The zero-order chi connectivity index (χ0) is 40.6. The first kappa shape index (κ1) is 38.8. The number of pyridine rings is 1. The highest BCUT2D eigenvalue weighted by Crippen LogP contribution is 2.41. The summed E-state index contributed by atoms with van der Waals surface area (Å²) >= 11 is 6.52. The van der Waals surface area contributed by atoms with Crippen molar-refractivity contribution in [3.63, 3.8) is 0 Å². The van der Waals surface area contributed by atoms with Crippen LogP contribution in [0.4, 0.5) is 17.3 Å². The minimum Gasteiger partial charge on any atom is -0.342 e. The number of nitrogens with zero attached hydrogens (tertiary/aromatic N) is 6. The van der Waals surface area contributed by atoms with E-state index in [1.54, 1.807) is 29.6 Å². The molecule has 9 rings (SSSR count). The summed E-state index contributed by atoms with van der Waals surface area (Å²) in [5.41, 5.74) is 6.73. The van der Waals surface area contributed by atoms with Gasteiger partial charge in [0.2, 0.25) is 29.6 Å². The van der Waals surface area contributed by atoms with E-state index in [4.69, 9.17) is 16.6 Å². The molecule has 1 saturated carbocycles. The number of rotatable bonds is 10. The first-order chi connectivity index (χ1) is 28.6. The molecule has 4 aromatic rings. The number of piperidine rings is 3. The molecule has 59 heavy (non-hydrogen) atoms. The quantitative estimate of drug-likeness (QED) is 0.171. The molecule has 0 spiro atoms. The van der Waals surface area contributed by atoms with Gasteiger partial charge in [0.1, 0.15) is 6.04 Å². The number of carbonyl (C=O) groups excluding carboxylic acids is 5. The molecule has 0 radical (unpaired) electrons. The molecule has 5 amide bonds. The minimum atomic E-state index is -0.634. The molecule has 1 unspecified atom stereocenters. The number of hydrogen-bond donors (Lipinski definition) is 3. The predicted octanol–water partition coefficient (Wildman–Crippen LogP) is 5.63. The summed E-state index contributed by atoms with van der Waals surface area (Å²) in [6, 6.07) is 15.4. The lowest BCUT2D eigenvalue weighted by atomic mass is 9.88. The predicted molar refractivity (Wildman–Crippen MR) is 221 cm³/mol. The van der Waals surface area contributed by atoms with Crippen LogP contribution >= 0.6 is 11.6 Å². The number of amides is 5. The van der Waals surface area contributed by atoms with Crippen LogP contribution in [0.15, 0.2) is 67.1 Å². The molecule has 1 atom stereocenters. The van der Waals surface area contributed by atoms with E-state index in [0.717, 1.165) is 29.5 Å². The van der Waals surface area contributed by atoms with Gasteiger partial charge in [-0.1, -0.05) is 41.9 Å². The second kappa shape index (κ2) is 16.5. The number of nitrogens with one attached hydrogen (secondary N) is 3. The Morgan fingerprint density at radius 1 is 0.831 bits per heavy atom. The van der Waals surface area contributed by atoms with Gasteiger partial charge < -0.3 is 20.4 Å². The van der Waals surface area contributed by atoms with Gasteiger partial charge in [-0.15, -0.1) is 0 Å². The van der Waals surface area contributed by atoms with Crippen molar-refractivity contribution in [3.8, 4) is 11.3 Å². The molecule has 15 heteroatoms. The van der Waals surface area contributed by atoms with E-state index < -0.39 is 11.9 Å². The monoisotopic (exact) mass is 815 g/mol. The average Bonchev–Trinajstić information content (AvgIpc) is 4.05. The highest BCUT2D eigenvalue weighted by Gasteiger charge is 2.39. The number of halogens is 1. The molecule has 2 aromatic carbocycles. The van der Waals surface area contributed by atoms with Crippen molar-refractivity contribution < 1.29 is 24.0 Å². The van der Waals surface area contributed by atoms with E-state index in [-0.39, 0.29) is 41.9 Å². The van der Waals surface area contributed by atoms with E-state index in [0.29, 0.717) is 98.1 Å². The maximum Gasteiger partial charge on any atom is 0.255 e. The Kier molecular flexibility index (Phi) is 10.8. The lowest BCUT2D eigenvalue weighted by Gasteiger charge is -2.35. The number of carbonyl (C=O) groups is 5. The van der Waals surface area contributed by atoms with Crippen molar-refractivity contribution in [2.75, 3.05) is 43.4 Å². The summed E-state index contributed by atoms with van der Waals surface area (Å²) in [6.45, 7) is 3.30. The number of aromatic nitrogens is 3.